The highest BCUT2D eigenvalue weighted by Crippen LogP contribution is 2.38. The van der Waals surface area contributed by atoms with Crippen molar-refractivity contribution in [3.63, 3.8) is 0 Å². The average molecular weight is 545 g/mol. The molecule has 3 unspecified atom stereocenters. The summed E-state index contributed by atoms with van der Waals surface area (Å²) >= 11 is 0. The molecule has 0 saturated carbocycles. The van der Waals surface area contributed by atoms with E-state index in [0.29, 0.717) is 38.1 Å². The van der Waals surface area contributed by atoms with E-state index < -0.39 is 0 Å². The van der Waals surface area contributed by atoms with Crippen molar-refractivity contribution < 1.29 is 28.4 Å². The van der Waals surface area contributed by atoms with Crippen molar-refractivity contribution >= 4 is 0 Å². The predicted molar refractivity (Wildman–Crippen MR) is 154 cm³/mol. The fourth-order valence-corrected chi connectivity index (χ4v) is 5.22. The number of ether oxygens (including phenoxy) is 6. The third-order valence-corrected chi connectivity index (χ3v) is 7.90. The van der Waals surface area contributed by atoms with Gasteiger partial charge in [-0.15, -0.1) is 0 Å². The van der Waals surface area contributed by atoms with E-state index >= 15 is 0 Å². The number of hydrogen-bond acceptors (Lipinski definition) is 6. The van der Waals surface area contributed by atoms with Gasteiger partial charge in [-0.1, -0.05) is 36.4 Å². The van der Waals surface area contributed by atoms with Crippen LogP contribution >= 0.6 is 0 Å². The van der Waals surface area contributed by atoms with Crippen molar-refractivity contribution in [3.05, 3.63) is 88.0 Å². The average Bonchev–Trinajstić information content (AvgIpc) is 3.78. The summed E-state index contributed by atoms with van der Waals surface area (Å²) in [5, 5.41) is 0. The zero-order chi connectivity index (χ0) is 27.5. The molecule has 0 bridgehead atoms. The molecule has 0 aromatic heterocycles. The minimum Gasteiger partial charge on any atom is -0.493 e. The van der Waals surface area contributed by atoms with Gasteiger partial charge in [0.25, 0.3) is 0 Å². The fraction of sp³-hybridized carbons (Fsp3) is 0.471. The van der Waals surface area contributed by atoms with Crippen LogP contribution in [0.15, 0.2) is 54.6 Å². The summed E-state index contributed by atoms with van der Waals surface area (Å²) in [4.78, 5) is 0. The summed E-state index contributed by atoms with van der Waals surface area (Å²) in [5.41, 5.74) is 7.10. The lowest BCUT2D eigenvalue weighted by atomic mass is 9.83. The molecule has 40 heavy (non-hydrogen) atoms. The topological polar surface area (TPSA) is 65.3 Å². The van der Waals surface area contributed by atoms with Crippen LogP contribution in [0.3, 0.4) is 0 Å². The molecule has 3 heterocycles. The first-order valence-electron chi connectivity index (χ1n) is 14.6. The van der Waals surface area contributed by atoms with Crippen LogP contribution in [0.5, 0.6) is 17.2 Å². The van der Waals surface area contributed by atoms with Crippen molar-refractivity contribution in [2.75, 3.05) is 39.6 Å². The summed E-state index contributed by atoms with van der Waals surface area (Å²) in [6.07, 6.45) is 3.93. The minimum absolute atomic E-state index is 0.0628. The van der Waals surface area contributed by atoms with Gasteiger partial charge in [-0.05, 0) is 72.4 Å². The molecule has 3 aliphatic rings. The highest BCUT2D eigenvalue weighted by Gasteiger charge is 2.25. The van der Waals surface area contributed by atoms with Crippen LogP contribution in [0.25, 0.3) is 0 Å². The monoisotopic (exact) mass is 544 g/mol. The van der Waals surface area contributed by atoms with Crippen LogP contribution in [0.4, 0.5) is 0 Å². The van der Waals surface area contributed by atoms with E-state index in [2.05, 4.69) is 75.4 Å². The smallest absolute Gasteiger partial charge is 0.122 e. The molecule has 6 rings (SSSR count). The lowest BCUT2D eigenvalue weighted by Gasteiger charge is -2.23. The Morgan fingerprint density at radius 3 is 1.10 bits per heavy atom. The summed E-state index contributed by atoms with van der Waals surface area (Å²) in [7, 11) is 0. The Bertz CT molecular complexity index is 1150. The Hall–Kier alpha value is -3.06. The van der Waals surface area contributed by atoms with Crippen molar-refractivity contribution in [1.82, 2.24) is 0 Å². The molecule has 0 spiro atoms. The Balaban J connectivity index is 1.25. The van der Waals surface area contributed by atoms with Crippen LogP contribution < -0.4 is 14.2 Å². The third kappa shape index (κ3) is 7.17. The molecule has 3 aromatic rings. The minimum atomic E-state index is 0.0628. The van der Waals surface area contributed by atoms with Gasteiger partial charge in [0.15, 0.2) is 0 Å². The van der Waals surface area contributed by atoms with Crippen LogP contribution in [0, 0.1) is 20.8 Å². The maximum absolute atomic E-state index is 6.09. The van der Waals surface area contributed by atoms with Crippen LogP contribution in [-0.4, -0.2) is 58.0 Å². The van der Waals surface area contributed by atoms with Gasteiger partial charge >= 0.3 is 0 Å². The molecular formula is C34H40O6. The van der Waals surface area contributed by atoms with E-state index in [9.17, 15) is 0 Å². The number of rotatable bonds is 15. The standard InChI is InChI=1S/C34H40O6/c1-22-16-25(4-7-31(22)35-13-10-28-19-38-28)34(26-5-8-32(23(2)17-26)36-14-11-29-20-39-29)27-6-9-33(24(3)18-27)37-15-12-30-21-40-30/h4-9,16-18,28-30,34H,10-15,19-21H2,1-3H3. The summed E-state index contributed by atoms with van der Waals surface area (Å²) in [5.74, 6) is 2.86. The first kappa shape index (κ1) is 27.1. The van der Waals surface area contributed by atoms with Crippen molar-refractivity contribution in [3.8, 4) is 17.2 Å². The van der Waals surface area contributed by atoms with Crippen molar-refractivity contribution in [2.24, 2.45) is 0 Å². The second-order valence-electron chi connectivity index (χ2n) is 11.3. The summed E-state index contributed by atoms with van der Waals surface area (Å²) in [6.45, 7) is 11.0. The van der Waals surface area contributed by atoms with Gasteiger partial charge < -0.3 is 28.4 Å². The quantitative estimate of drug-likeness (QED) is 0.165. The first-order valence-corrected chi connectivity index (χ1v) is 14.6. The van der Waals surface area contributed by atoms with Gasteiger partial charge in [-0.3, -0.25) is 0 Å². The number of benzene rings is 3. The van der Waals surface area contributed by atoms with E-state index in [0.717, 1.165) is 73.0 Å². The number of aryl methyl sites for hydroxylation is 3. The van der Waals surface area contributed by atoms with Gasteiger partial charge in [-0.25, -0.2) is 0 Å². The van der Waals surface area contributed by atoms with E-state index in [4.69, 9.17) is 28.4 Å². The third-order valence-electron chi connectivity index (χ3n) is 7.90. The maximum atomic E-state index is 6.09. The van der Waals surface area contributed by atoms with Gasteiger partial charge in [0.1, 0.15) is 17.2 Å². The molecule has 0 radical (unpaired) electrons. The van der Waals surface area contributed by atoms with Gasteiger partial charge in [0.05, 0.1) is 58.0 Å². The normalized spacial score (nSPS) is 21.5. The molecule has 3 saturated heterocycles. The van der Waals surface area contributed by atoms with Crippen LogP contribution in [0.1, 0.15) is 58.6 Å². The number of epoxide rings is 3. The van der Waals surface area contributed by atoms with Gasteiger partial charge in [0.2, 0.25) is 0 Å². The van der Waals surface area contributed by atoms with Crippen LogP contribution in [0.2, 0.25) is 0 Å². The van der Waals surface area contributed by atoms with Gasteiger partial charge in [0, 0.05) is 25.2 Å². The number of hydrogen-bond donors (Lipinski definition) is 0. The lowest BCUT2D eigenvalue weighted by Crippen LogP contribution is -2.08. The lowest BCUT2D eigenvalue weighted by molar-refractivity contribution is 0.281. The molecule has 0 aliphatic carbocycles. The molecule has 3 atom stereocenters. The zero-order valence-corrected chi connectivity index (χ0v) is 23.8. The molecule has 3 aliphatic heterocycles. The first-order chi connectivity index (χ1) is 19.5. The molecule has 3 aromatic carbocycles. The van der Waals surface area contributed by atoms with Crippen molar-refractivity contribution in [1.29, 1.82) is 0 Å². The zero-order valence-electron chi connectivity index (χ0n) is 23.8. The molecular weight excluding hydrogens is 504 g/mol. The highest BCUT2D eigenvalue weighted by atomic mass is 16.6. The molecule has 6 nitrogen and oxygen atoms in total. The predicted octanol–water partition coefficient (Wildman–Crippen LogP) is 6.30. The molecule has 3 fully saturated rings. The summed E-state index contributed by atoms with van der Waals surface area (Å²) in [6, 6.07) is 19.7. The Morgan fingerprint density at radius 2 is 0.850 bits per heavy atom. The van der Waals surface area contributed by atoms with E-state index in [1.165, 1.54) is 16.7 Å². The second-order valence-corrected chi connectivity index (χ2v) is 11.3. The van der Waals surface area contributed by atoms with E-state index in [1.54, 1.807) is 0 Å². The second kappa shape index (κ2) is 12.2. The van der Waals surface area contributed by atoms with E-state index in [1.807, 2.05) is 0 Å². The van der Waals surface area contributed by atoms with Gasteiger partial charge in [-0.2, -0.15) is 0 Å². The molecule has 212 valence electrons. The highest BCUT2D eigenvalue weighted by molar-refractivity contribution is 5.51. The Kier molecular flexibility index (Phi) is 8.28. The molecule has 0 amide bonds. The maximum Gasteiger partial charge on any atom is 0.122 e. The molecule has 0 N–H and O–H groups in total. The Labute approximate surface area is 237 Å². The Morgan fingerprint density at radius 1 is 0.550 bits per heavy atom. The summed E-state index contributed by atoms with van der Waals surface area (Å²) < 4.78 is 34.2. The van der Waals surface area contributed by atoms with E-state index in [-0.39, 0.29) is 5.92 Å². The molecule has 6 heteroatoms. The fourth-order valence-electron chi connectivity index (χ4n) is 5.22. The van der Waals surface area contributed by atoms with Crippen LogP contribution in [-0.2, 0) is 14.2 Å². The van der Waals surface area contributed by atoms with Crippen molar-refractivity contribution in [2.45, 2.75) is 64.3 Å². The SMILES string of the molecule is Cc1cc(C(c2ccc(OCCC3CO3)c(C)c2)c2ccc(OCCC3CO3)c(C)c2)ccc1OCCC1CO1. The largest absolute Gasteiger partial charge is 0.493 e.